The van der Waals surface area contributed by atoms with Crippen molar-refractivity contribution in [3.05, 3.63) is 58.6 Å². The molecule has 1 atom stereocenters. The van der Waals surface area contributed by atoms with Gasteiger partial charge in [-0.1, -0.05) is 23.7 Å². The van der Waals surface area contributed by atoms with Gasteiger partial charge in [0.05, 0.1) is 11.3 Å². The van der Waals surface area contributed by atoms with Crippen molar-refractivity contribution >= 4 is 23.0 Å². The van der Waals surface area contributed by atoms with Crippen LogP contribution >= 0.6 is 11.6 Å². The van der Waals surface area contributed by atoms with Crippen LogP contribution in [-0.2, 0) is 0 Å². The minimum Gasteiger partial charge on any atom is -0.399 e. The highest BCUT2D eigenvalue weighted by atomic mass is 35.5. The molecule has 3 nitrogen and oxygen atoms in total. The van der Waals surface area contributed by atoms with E-state index in [2.05, 4.69) is 11.4 Å². The lowest BCUT2D eigenvalue weighted by atomic mass is 10.1. The van der Waals surface area contributed by atoms with Crippen LogP contribution in [0, 0.1) is 11.3 Å². The minimum atomic E-state index is 0.0768. The van der Waals surface area contributed by atoms with Gasteiger partial charge in [-0.25, -0.2) is 0 Å². The highest BCUT2D eigenvalue weighted by molar-refractivity contribution is 6.30. The number of nitrogen functional groups attached to an aromatic ring is 1. The van der Waals surface area contributed by atoms with Crippen molar-refractivity contribution in [2.75, 3.05) is 11.1 Å². The maximum Gasteiger partial charge on any atom is 0.101 e. The number of halogens is 1. The topological polar surface area (TPSA) is 61.8 Å². The molecule has 0 radical (unpaired) electrons. The average molecular weight is 272 g/mol. The Hall–Kier alpha value is -2.18. The summed E-state index contributed by atoms with van der Waals surface area (Å²) in [6.07, 6.45) is 0. The van der Waals surface area contributed by atoms with Crippen LogP contribution < -0.4 is 11.1 Å². The maximum absolute atomic E-state index is 9.10. The third-order valence-electron chi connectivity index (χ3n) is 2.91. The Kier molecular flexibility index (Phi) is 3.94. The van der Waals surface area contributed by atoms with Gasteiger partial charge in [0.25, 0.3) is 0 Å². The van der Waals surface area contributed by atoms with E-state index in [1.807, 2.05) is 37.3 Å². The number of hydrogen-bond acceptors (Lipinski definition) is 3. The first-order valence-corrected chi connectivity index (χ1v) is 6.29. The molecular weight excluding hydrogens is 258 g/mol. The van der Waals surface area contributed by atoms with Crippen LogP contribution in [0.5, 0.6) is 0 Å². The first-order chi connectivity index (χ1) is 9.10. The number of anilines is 2. The second-order valence-electron chi connectivity index (χ2n) is 4.33. The van der Waals surface area contributed by atoms with E-state index in [1.54, 1.807) is 12.1 Å². The van der Waals surface area contributed by atoms with Crippen LogP contribution in [0.3, 0.4) is 0 Å². The fourth-order valence-corrected chi connectivity index (χ4v) is 1.97. The fraction of sp³-hybridized carbons (Fsp3) is 0.133. The fourth-order valence-electron chi connectivity index (χ4n) is 1.85. The molecular formula is C15H14ClN3. The van der Waals surface area contributed by atoms with Gasteiger partial charge in [0, 0.05) is 16.8 Å². The summed E-state index contributed by atoms with van der Waals surface area (Å²) in [6, 6.07) is 15.1. The molecule has 3 N–H and O–H groups in total. The van der Waals surface area contributed by atoms with Crippen LogP contribution in [0.15, 0.2) is 42.5 Å². The summed E-state index contributed by atoms with van der Waals surface area (Å²) < 4.78 is 0. The van der Waals surface area contributed by atoms with E-state index in [4.69, 9.17) is 22.6 Å². The largest absolute Gasteiger partial charge is 0.399 e. The number of benzene rings is 2. The molecule has 4 heteroatoms. The highest BCUT2D eigenvalue weighted by Crippen LogP contribution is 2.24. The molecule has 0 amide bonds. The number of rotatable bonds is 3. The van der Waals surface area contributed by atoms with E-state index < -0.39 is 0 Å². The molecule has 0 aliphatic rings. The van der Waals surface area contributed by atoms with Crippen LogP contribution in [-0.4, -0.2) is 0 Å². The normalized spacial score (nSPS) is 11.6. The Morgan fingerprint density at radius 3 is 2.53 bits per heavy atom. The summed E-state index contributed by atoms with van der Waals surface area (Å²) in [5.74, 6) is 0. The van der Waals surface area contributed by atoms with Gasteiger partial charge in [0.15, 0.2) is 0 Å². The van der Waals surface area contributed by atoms with Gasteiger partial charge in [0.2, 0.25) is 0 Å². The predicted octanol–water partition coefficient (Wildman–Crippen LogP) is 3.97. The van der Waals surface area contributed by atoms with Crippen molar-refractivity contribution in [2.45, 2.75) is 13.0 Å². The van der Waals surface area contributed by atoms with Crippen molar-refractivity contribution in [2.24, 2.45) is 0 Å². The number of nitrogens with two attached hydrogens (primary N) is 1. The van der Waals surface area contributed by atoms with Crippen molar-refractivity contribution in [1.29, 1.82) is 5.26 Å². The SMILES string of the molecule is CC(Nc1ccc(N)cc1C#N)c1ccc(Cl)cc1. The Balaban J connectivity index is 2.21. The van der Waals surface area contributed by atoms with Crippen LogP contribution in [0.2, 0.25) is 5.02 Å². The van der Waals surface area contributed by atoms with Crippen molar-refractivity contribution in [1.82, 2.24) is 0 Å². The zero-order valence-corrected chi connectivity index (χ0v) is 11.3. The molecule has 0 heterocycles. The summed E-state index contributed by atoms with van der Waals surface area (Å²) in [4.78, 5) is 0. The molecule has 0 aromatic heterocycles. The second-order valence-corrected chi connectivity index (χ2v) is 4.77. The maximum atomic E-state index is 9.10. The van der Waals surface area contributed by atoms with Gasteiger partial charge < -0.3 is 11.1 Å². The lowest BCUT2D eigenvalue weighted by molar-refractivity contribution is 0.884. The first kappa shape index (κ1) is 13.3. The molecule has 2 aromatic rings. The molecule has 0 bridgehead atoms. The zero-order chi connectivity index (χ0) is 13.8. The molecule has 1 unspecified atom stereocenters. The lowest BCUT2D eigenvalue weighted by Gasteiger charge is -2.17. The molecule has 96 valence electrons. The van der Waals surface area contributed by atoms with Gasteiger partial charge in [-0.15, -0.1) is 0 Å². The molecule has 2 aromatic carbocycles. The third kappa shape index (κ3) is 3.18. The smallest absolute Gasteiger partial charge is 0.101 e. The van der Waals surface area contributed by atoms with Crippen LogP contribution in [0.4, 0.5) is 11.4 Å². The molecule has 0 saturated heterocycles. The van der Waals surface area contributed by atoms with E-state index in [-0.39, 0.29) is 6.04 Å². The monoisotopic (exact) mass is 271 g/mol. The summed E-state index contributed by atoms with van der Waals surface area (Å²) in [7, 11) is 0. The van der Waals surface area contributed by atoms with Crippen LogP contribution in [0.1, 0.15) is 24.1 Å². The molecule has 0 fully saturated rings. The Bertz CT molecular complexity index is 614. The number of hydrogen-bond donors (Lipinski definition) is 2. The van der Waals surface area contributed by atoms with E-state index in [0.29, 0.717) is 16.3 Å². The Morgan fingerprint density at radius 2 is 1.89 bits per heavy atom. The number of nitrogens with one attached hydrogen (secondary N) is 1. The summed E-state index contributed by atoms with van der Waals surface area (Å²) >= 11 is 5.86. The zero-order valence-electron chi connectivity index (χ0n) is 10.5. The summed E-state index contributed by atoms with van der Waals surface area (Å²) in [5.41, 5.74) is 8.67. The molecule has 2 rings (SSSR count). The first-order valence-electron chi connectivity index (χ1n) is 5.92. The van der Waals surface area contributed by atoms with Crippen molar-refractivity contribution in [3.8, 4) is 6.07 Å². The van der Waals surface area contributed by atoms with Gasteiger partial charge in [-0.3, -0.25) is 0 Å². The average Bonchev–Trinajstić information content (AvgIpc) is 2.41. The molecule has 0 aliphatic carbocycles. The molecule has 0 aliphatic heterocycles. The van der Waals surface area contributed by atoms with E-state index in [0.717, 1.165) is 11.3 Å². The van der Waals surface area contributed by atoms with E-state index >= 15 is 0 Å². The van der Waals surface area contributed by atoms with Crippen molar-refractivity contribution in [3.63, 3.8) is 0 Å². The summed E-state index contributed by atoms with van der Waals surface area (Å²) in [5, 5.41) is 13.1. The molecule has 19 heavy (non-hydrogen) atoms. The lowest BCUT2D eigenvalue weighted by Crippen LogP contribution is -2.08. The molecule has 0 spiro atoms. The minimum absolute atomic E-state index is 0.0768. The van der Waals surface area contributed by atoms with Gasteiger partial charge in [-0.2, -0.15) is 5.26 Å². The Morgan fingerprint density at radius 1 is 1.21 bits per heavy atom. The highest BCUT2D eigenvalue weighted by Gasteiger charge is 2.08. The standard InChI is InChI=1S/C15H14ClN3/c1-10(11-2-4-13(16)5-3-11)19-15-7-6-14(18)8-12(15)9-17/h2-8,10,19H,18H2,1H3. The third-order valence-corrected chi connectivity index (χ3v) is 3.16. The van der Waals surface area contributed by atoms with E-state index in [9.17, 15) is 0 Å². The quantitative estimate of drug-likeness (QED) is 0.831. The van der Waals surface area contributed by atoms with Crippen LogP contribution in [0.25, 0.3) is 0 Å². The number of nitriles is 1. The van der Waals surface area contributed by atoms with E-state index in [1.165, 1.54) is 0 Å². The van der Waals surface area contributed by atoms with Gasteiger partial charge >= 0.3 is 0 Å². The van der Waals surface area contributed by atoms with Gasteiger partial charge in [0.1, 0.15) is 6.07 Å². The molecule has 0 saturated carbocycles. The predicted molar refractivity (Wildman–Crippen MR) is 79.1 cm³/mol. The summed E-state index contributed by atoms with van der Waals surface area (Å²) in [6.45, 7) is 2.03. The Labute approximate surface area is 117 Å². The van der Waals surface area contributed by atoms with Crippen molar-refractivity contribution < 1.29 is 0 Å². The second kappa shape index (κ2) is 5.64. The number of nitrogens with zero attached hydrogens (tertiary/aromatic N) is 1. The van der Waals surface area contributed by atoms with Gasteiger partial charge in [-0.05, 0) is 42.8 Å².